The van der Waals surface area contributed by atoms with Crippen molar-refractivity contribution in [2.45, 2.75) is 19.4 Å². The summed E-state index contributed by atoms with van der Waals surface area (Å²) in [5, 5.41) is 0. The second-order valence-electron chi connectivity index (χ2n) is 2.81. The van der Waals surface area contributed by atoms with Crippen LogP contribution in [0.1, 0.15) is 13.3 Å². The van der Waals surface area contributed by atoms with Crippen LogP contribution in [0.15, 0.2) is 0 Å². The average Bonchev–Trinajstić information content (AvgIpc) is 1.94. The molecule has 2 heteroatoms. The maximum Gasteiger partial charge on any atom is 0.0619 e. The molecule has 0 amide bonds. The predicted octanol–water partition coefficient (Wildman–Crippen LogP) is 0.931. The SMILES string of the molecule is [CH2]CCN1CCOCC1C. The van der Waals surface area contributed by atoms with Crippen molar-refractivity contribution in [1.29, 1.82) is 0 Å². The molecule has 0 aromatic heterocycles. The number of rotatable bonds is 2. The van der Waals surface area contributed by atoms with Crippen LogP contribution >= 0.6 is 0 Å². The molecule has 0 spiro atoms. The van der Waals surface area contributed by atoms with Gasteiger partial charge in [0.15, 0.2) is 0 Å². The standard InChI is InChI=1S/C8H16NO/c1-3-4-9-5-6-10-7-8(9)2/h8H,1,3-7H2,2H3. The Labute approximate surface area is 63.2 Å². The molecule has 2 nitrogen and oxygen atoms in total. The first-order valence-electron chi connectivity index (χ1n) is 3.95. The molecule has 0 aromatic rings. The molecular formula is C8H16NO. The van der Waals surface area contributed by atoms with E-state index in [0.29, 0.717) is 6.04 Å². The lowest BCUT2D eigenvalue weighted by Crippen LogP contribution is -2.43. The van der Waals surface area contributed by atoms with Crippen molar-refractivity contribution in [2.24, 2.45) is 0 Å². The molecule has 1 atom stereocenters. The number of hydrogen-bond donors (Lipinski definition) is 0. The maximum atomic E-state index is 5.30. The van der Waals surface area contributed by atoms with E-state index in [4.69, 9.17) is 4.74 Å². The molecule has 0 bridgehead atoms. The fourth-order valence-electron chi connectivity index (χ4n) is 1.30. The topological polar surface area (TPSA) is 12.5 Å². The first kappa shape index (κ1) is 8.02. The fraction of sp³-hybridized carbons (Fsp3) is 0.875. The Morgan fingerprint density at radius 3 is 3.10 bits per heavy atom. The van der Waals surface area contributed by atoms with Crippen LogP contribution in [0.5, 0.6) is 0 Å². The van der Waals surface area contributed by atoms with Gasteiger partial charge in [-0.2, -0.15) is 0 Å². The van der Waals surface area contributed by atoms with Gasteiger partial charge < -0.3 is 4.74 Å². The van der Waals surface area contributed by atoms with E-state index in [0.717, 1.165) is 32.7 Å². The Morgan fingerprint density at radius 2 is 2.50 bits per heavy atom. The van der Waals surface area contributed by atoms with E-state index in [1.54, 1.807) is 0 Å². The molecule has 0 saturated carbocycles. The van der Waals surface area contributed by atoms with E-state index in [9.17, 15) is 0 Å². The molecule has 0 aromatic carbocycles. The average molecular weight is 142 g/mol. The zero-order valence-corrected chi connectivity index (χ0v) is 6.68. The molecule has 0 N–H and O–H groups in total. The summed E-state index contributed by atoms with van der Waals surface area (Å²) in [6.45, 7) is 10.0. The van der Waals surface area contributed by atoms with Gasteiger partial charge in [-0.25, -0.2) is 0 Å². The first-order valence-corrected chi connectivity index (χ1v) is 3.95. The zero-order valence-electron chi connectivity index (χ0n) is 6.68. The third kappa shape index (κ3) is 1.96. The lowest BCUT2D eigenvalue weighted by atomic mass is 10.2. The smallest absolute Gasteiger partial charge is 0.0619 e. The van der Waals surface area contributed by atoms with Crippen molar-refractivity contribution < 1.29 is 4.74 Å². The van der Waals surface area contributed by atoms with Crippen molar-refractivity contribution in [2.75, 3.05) is 26.3 Å². The maximum absolute atomic E-state index is 5.30. The number of hydrogen-bond acceptors (Lipinski definition) is 2. The summed E-state index contributed by atoms with van der Waals surface area (Å²) in [7, 11) is 0. The van der Waals surface area contributed by atoms with Gasteiger partial charge in [-0.15, -0.1) is 0 Å². The second-order valence-corrected chi connectivity index (χ2v) is 2.81. The summed E-state index contributed by atoms with van der Waals surface area (Å²) < 4.78 is 5.30. The molecule has 1 aliphatic heterocycles. The molecule has 1 rings (SSSR count). The molecule has 10 heavy (non-hydrogen) atoms. The van der Waals surface area contributed by atoms with Gasteiger partial charge in [0.2, 0.25) is 0 Å². The minimum absolute atomic E-state index is 0.593. The Kier molecular flexibility index (Phi) is 3.16. The Morgan fingerprint density at radius 1 is 1.70 bits per heavy atom. The summed E-state index contributed by atoms with van der Waals surface area (Å²) in [5.41, 5.74) is 0. The monoisotopic (exact) mass is 142 g/mol. The molecule has 1 radical (unpaired) electrons. The van der Waals surface area contributed by atoms with Crippen LogP contribution in [0, 0.1) is 6.92 Å². The molecule has 1 aliphatic rings. The minimum atomic E-state index is 0.593. The Balaban J connectivity index is 2.25. The molecule has 1 saturated heterocycles. The van der Waals surface area contributed by atoms with Gasteiger partial charge in [-0.3, -0.25) is 4.90 Å². The van der Waals surface area contributed by atoms with Crippen LogP contribution in [0.25, 0.3) is 0 Å². The summed E-state index contributed by atoms with van der Waals surface area (Å²) in [4.78, 5) is 2.43. The Bertz CT molecular complexity index is 93.3. The molecule has 1 heterocycles. The molecule has 0 aliphatic carbocycles. The highest BCUT2D eigenvalue weighted by Crippen LogP contribution is 2.05. The van der Waals surface area contributed by atoms with Crippen molar-refractivity contribution in [3.8, 4) is 0 Å². The number of morpholine rings is 1. The van der Waals surface area contributed by atoms with Gasteiger partial charge >= 0.3 is 0 Å². The first-order chi connectivity index (χ1) is 4.84. The number of ether oxygens (including phenoxy) is 1. The zero-order chi connectivity index (χ0) is 7.40. The fourth-order valence-corrected chi connectivity index (χ4v) is 1.30. The van der Waals surface area contributed by atoms with E-state index in [-0.39, 0.29) is 0 Å². The molecule has 59 valence electrons. The van der Waals surface area contributed by atoms with E-state index in [1.165, 1.54) is 0 Å². The summed E-state index contributed by atoms with van der Waals surface area (Å²) in [6.07, 6.45) is 1.00. The van der Waals surface area contributed by atoms with E-state index < -0.39 is 0 Å². The van der Waals surface area contributed by atoms with Crippen LogP contribution in [0.3, 0.4) is 0 Å². The number of nitrogens with zero attached hydrogens (tertiary/aromatic N) is 1. The highest BCUT2D eigenvalue weighted by molar-refractivity contribution is 4.70. The van der Waals surface area contributed by atoms with Crippen LogP contribution in [-0.4, -0.2) is 37.2 Å². The van der Waals surface area contributed by atoms with Crippen LogP contribution in [-0.2, 0) is 4.74 Å². The van der Waals surface area contributed by atoms with Crippen molar-refractivity contribution in [3.63, 3.8) is 0 Å². The predicted molar refractivity (Wildman–Crippen MR) is 41.8 cm³/mol. The van der Waals surface area contributed by atoms with Gasteiger partial charge in [0.1, 0.15) is 0 Å². The lowest BCUT2D eigenvalue weighted by molar-refractivity contribution is 0.000589. The van der Waals surface area contributed by atoms with E-state index >= 15 is 0 Å². The third-order valence-electron chi connectivity index (χ3n) is 1.95. The second kappa shape index (κ2) is 3.94. The third-order valence-corrected chi connectivity index (χ3v) is 1.95. The van der Waals surface area contributed by atoms with Crippen LogP contribution < -0.4 is 0 Å². The minimum Gasteiger partial charge on any atom is -0.379 e. The summed E-state index contributed by atoms with van der Waals surface area (Å²) >= 11 is 0. The van der Waals surface area contributed by atoms with Gasteiger partial charge in [-0.1, -0.05) is 6.92 Å². The van der Waals surface area contributed by atoms with Crippen LogP contribution in [0.4, 0.5) is 0 Å². The van der Waals surface area contributed by atoms with Gasteiger partial charge in [0.25, 0.3) is 0 Å². The lowest BCUT2D eigenvalue weighted by Gasteiger charge is -2.32. The van der Waals surface area contributed by atoms with E-state index in [2.05, 4.69) is 18.7 Å². The molecule has 1 fully saturated rings. The molecule has 1 unspecified atom stereocenters. The van der Waals surface area contributed by atoms with Gasteiger partial charge in [-0.05, 0) is 19.9 Å². The quantitative estimate of drug-likeness (QED) is 0.568. The summed E-state index contributed by atoms with van der Waals surface area (Å²) in [6, 6.07) is 0.593. The molecular weight excluding hydrogens is 126 g/mol. The van der Waals surface area contributed by atoms with Crippen molar-refractivity contribution in [3.05, 3.63) is 6.92 Å². The highest BCUT2D eigenvalue weighted by atomic mass is 16.5. The Hall–Kier alpha value is -0.0800. The van der Waals surface area contributed by atoms with E-state index in [1.807, 2.05) is 0 Å². The van der Waals surface area contributed by atoms with Crippen molar-refractivity contribution in [1.82, 2.24) is 4.90 Å². The largest absolute Gasteiger partial charge is 0.379 e. The van der Waals surface area contributed by atoms with Crippen molar-refractivity contribution >= 4 is 0 Å². The van der Waals surface area contributed by atoms with Crippen LogP contribution in [0.2, 0.25) is 0 Å². The highest BCUT2D eigenvalue weighted by Gasteiger charge is 2.16. The summed E-state index contributed by atoms with van der Waals surface area (Å²) in [5.74, 6) is 0. The van der Waals surface area contributed by atoms with Gasteiger partial charge in [0.05, 0.1) is 13.2 Å². The normalized spacial score (nSPS) is 28.8. The van der Waals surface area contributed by atoms with Gasteiger partial charge in [0, 0.05) is 12.6 Å².